The van der Waals surface area contributed by atoms with Gasteiger partial charge in [-0.05, 0) is 56.3 Å². The zero-order valence-corrected chi connectivity index (χ0v) is 23.7. The number of aromatic nitrogens is 7. The third kappa shape index (κ3) is 5.55. The van der Waals surface area contributed by atoms with Crippen LogP contribution in [0.3, 0.4) is 0 Å². The summed E-state index contributed by atoms with van der Waals surface area (Å²) in [5.74, 6) is -0.186. The van der Waals surface area contributed by atoms with Crippen LogP contribution in [-0.2, 0) is 7.05 Å². The fraction of sp³-hybridized carbons (Fsp3) is 0.133. The fourth-order valence-electron chi connectivity index (χ4n) is 4.46. The Balaban J connectivity index is 1.21. The van der Waals surface area contributed by atoms with E-state index in [1.165, 1.54) is 29.1 Å². The van der Waals surface area contributed by atoms with Gasteiger partial charge in [-0.3, -0.25) is 14.7 Å². The van der Waals surface area contributed by atoms with Crippen molar-refractivity contribution in [2.75, 3.05) is 5.32 Å². The van der Waals surface area contributed by atoms with Gasteiger partial charge in [0.05, 0.1) is 42.0 Å². The fourth-order valence-corrected chi connectivity index (χ4v) is 4.46. The van der Waals surface area contributed by atoms with Gasteiger partial charge in [-0.1, -0.05) is 0 Å². The van der Waals surface area contributed by atoms with E-state index in [-0.39, 0.29) is 23.3 Å². The molecule has 5 aromatic heterocycles. The van der Waals surface area contributed by atoms with Crippen molar-refractivity contribution in [3.63, 3.8) is 0 Å². The zero-order valence-electron chi connectivity index (χ0n) is 23.7. The molecular weight excluding hydrogens is 571 g/mol. The molecule has 222 valence electrons. The minimum Gasteiger partial charge on any atom is -0.437 e. The number of anilines is 1. The van der Waals surface area contributed by atoms with Gasteiger partial charge in [0.1, 0.15) is 11.3 Å². The standard InChI is InChI=1S/C30H25FN8O5/c1-18(2)37-16-26(28(40)39(30(37)42)22-7-4-20(31)5-8-22)44-29(41)35-21-6-9-27(32-13-21)43-25-12-19(23-15-36(3)17-33-23)14-38-24(25)10-11-34-38/h4-18H,1-3H3,(H,35,41). The van der Waals surface area contributed by atoms with Crippen LogP contribution in [0.15, 0.2) is 95.4 Å². The molecule has 6 rings (SSSR count). The number of imidazole rings is 1. The lowest BCUT2D eigenvalue weighted by atomic mass is 10.2. The van der Waals surface area contributed by atoms with Crippen LogP contribution in [0.2, 0.25) is 0 Å². The molecule has 0 aliphatic carbocycles. The number of halogens is 1. The molecule has 1 aromatic carbocycles. The van der Waals surface area contributed by atoms with Crippen molar-refractivity contribution in [2.24, 2.45) is 7.05 Å². The average Bonchev–Trinajstić information content (AvgIpc) is 3.65. The first-order valence-corrected chi connectivity index (χ1v) is 13.4. The first-order valence-electron chi connectivity index (χ1n) is 13.4. The third-order valence-corrected chi connectivity index (χ3v) is 6.59. The number of amides is 1. The Morgan fingerprint density at radius 3 is 2.45 bits per heavy atom. The van der Waals surface area contributed by atoms with Gasteiger partial charge in [0, 0.05) is 37.1 Å². The third-order valence-electron chi connectivity index (χ3n) is 6.59. The van der Waals surface area contributed by atoms with Gasteiger partial charge in [-0.25, -0.2) is 33.0 Å². The van der Waals surface area contributed by atoms with Crippen LogP contribution in [0.4, 0.5) is 14.9 Å². The molecule has 1 amide bonds. The van der Waals surface area contributed by atoms with Gasteiger partial charge in [0.2, 0.25) is 11.6 Å². The molecule has 0 saturated heterocycles. The smallest absolute Gasteiger partial charge is 0.417 e. The van der Waals surface area contributed by atoms with E-state index in [0.29, 0.717) is 11.3 Å². The molecule has 1 N–H and O–H groups in total. The largest absolute Gasteiger partial charge is 0.437 e. The van der Waals surface area contributed by atoms with Crippen molar-refractivity contribution in [1.29, 1.82) is 0 Å². The molecule has 5 heterocycles. The average molecular weight is 597 g/mol. The maximum Gasteiger partial charge on any atom is 0.417 e. The van der Waals surface area contributed by atoms with Crippen LogP contribution in [-0.4, -0.2) is 39.4 Å². The van der Waals surface area contributed by atoms with Crippen LogP contribution in [0.25, 0.3) is 22.5 Å². The lowest BCUT2D eigenvalue weighted by Gasteiger charge is -2.15. The van der Waals surface area contributed by atoms with Crippen LogP contribution in [0.5, 0.6) is 17.4 Å². The summed E-state index contributed by atoms with van der Waals surface area (Å²) in [4.78, 5) is 47.6. The summed E-state index contributed by atoms with van der Waals surface area (Å²) in [5, 5.41) is 6.82. The molecule has 6 aromatic rings. The first kappa shape index (κ1) is 28.1. The number of hydrogen-bond acceptors (Lipinski definition) is 8. The number of nitrogens with one attached hydrogen (secondary N) is 1. The number of benzene rings is 1. The molecule has 0 saturated carbocycles. The first-order chi connectivity index (χ1) is 21.2. The van der Waals surface area contributed by atoms with Gasteiger partial charge < -0.3 is 14.0 Å². The van der Waals surface area contributed by atoms with Gasteiger partial charge >= 0.3 is 17.3 Å². The summed E-state index contributed by atoms with van der Waals surface area (Å²) in [6, 6.07) is 11.2. The number of rotatable bonds is 7. The number of carbonyl (C=O) groups is 1. The molecule has 14 heteroatoms. The van der Waals surface area contributed by atoms with Crippen LogP contribution in [0, 0.1) is 5.82 Å². The van der Waals surface area contributed by atoms with Crippen molar-refractivity contribution < 1.29 is 18.7 Å². The van der Waals surface area contributed by atoms with E-state index in [9.17, 15) is 18.8 Å². The molecule has 0 fully saturated rings. The Labute approximate surface area is 248 Å². The summed E-state index contributed by atoms with van der Waals surface area (Å²) in [6.45, 7) is 3.46. The Kier molecular flexibility index (Phi) is 7.23. The number of ether oxygens (including phenoxy) is 2. The topological polar surface area (TPSA) is 140 Å². The Bertz CT molecular complexity index is 2110. The van der Waals surface area contributed by atoms with E-state index in [2.05, 4.69) is 20.4 Å². The van der Waals surface area contributed by atoms with E-state index in [1.54, 1.807) is 49.1 Å². The number of carbonyl (C=O) groups excluding carboxylic acids is 1. The number of nitrogens with zero attached hydrogens (tertiary/aromatic N) is 7. The second-order valence-electron chi connectivity index (χ2n) is 10.1. The summed E-state index contributed by atoms with van der Waals surface area (Å²) in [5.41, 5.74) is 1.09. The summed E-state index contributed by atoms with van der Waals surface area (Å²) >= 11 is 0. The van der Waals surface area contributed by atoms with Gasteiger partial charge in [-0.15, -0.1) is 0 Å². The van der Waals surface area contributed by atoms with Crippen LogP contribution in [0.1, 0.15) is 19.9 Å². The predicted molar refractivity (Wildman–Crippen MR) is 158 cm³/mol. The maximum absolute atomic E-state index is 13.5. The van der Waals surface area contributed by atoms with Crippen molar-refractivity contribution in [1.82, 2.24) is 33.3 Å². The maximum atomic E-state index is 13.5. The van der Waals surface area contributed by atoms with Gasteiger partial charge in [-0.2, -0.15) is 5.10 Å². The molecule has 0 unspecified atom stereocenters. The van der Waals surface area contributed by atoms with Crippen LogP contribution >= 0.6 is 0 Å². The number of aryl methyl sites for hydroxylation is 1. The van der Waals surface area contributed by atoms with Crippen molar-refractivity contribution in [3.05, 3.63) is 112 Å². The summed E-state index contributed by atoms with van der Waals surface area (Å²) in [6.07, 6.45) is 8.61. The minimum atomic E-state index is -0.985. The minimum absolute atomic E-state index is 0.125. The predicted octanol–water partition coefficient (Wildman–Crippen LogP) is 4.57. The van der Waals surface area contributed by atoms with E-state index >= 15 is 0 Å². The molecule has 0 radical (unpaired) electrons. The number of hydrogen-bond donors (Lipinski definition) is 1. The second-order valence-corrected chi connectivity index (χ2v) is 10.1. The Morgan fingerprint density at radius 2 is 1.77 bits per heavy atom. The summed E-state index contributed by atoms with van der Waals surface area (Å²) < 4.78 is 30.4. The van der Waals surface area contributed by atoms with E-state index in [0.717, 1.165) is 28.0 Å². The molecule has 0 atom stereocenters. The quantitative estimate of drug-likeness (QED) is 0.283. The molecule has 0 spiro atoms. The molecular formula is C30H25FN8O5. The van der Waals surface area contributed by atoms with Crippen molar-refractivity contribution in [3.8, 4) is 34.3 Å². The molecule has 13 nitrogen and oxygen atoms in total. The zero-order chi connectivity index (χ0) is 31.0. The highest BCUT2D eigenvalue weighted by atomic mass is 19.1. The van der Waals surface area contributed by atoms with Crippen molar-refractivity contribution in [2.45, 2.75) is 19.9 Å². The second kappa shape index (κ2) is 11.3. The van der Waals surface area contributed by atoms with Gasteiger partial charge in [0.15, 0.2) is 5.75 Å². The van der Waals surface area contributed by atoms with E-state index < -0.39 is 28.9 Å². The monoisotopic (exact) mass is 596 g/mol. The highest BCUT2D eigenvalue weighted by molar-refractivity contribution is 5.86. The van der Waals surface area contributed by atoms with Crippen molar-refractivity contribution >= 4 is 17.3 Å². The SMILES string of the molecule is CC(C)n1cc(OC(=O)Nc2ccc(Oc3cc(-c4cn(C)cn4)cn4nccc34)nc2)c(=O)n(-c2ccc(F)cc2)c1=O. The number of pyridine rings is 2. The normalized spacial score (nSPS) is 11.2. The molecule has 0 bridgehead atoms. The van der Waals surface area contributed by atoms with E-state index in [4.69, 9.17) is 9.47 Å². The van der Waals surface area contributed by atoms with E-state index in [1.807, 2.05) is 30.1 Å². The molecule has 0 aliphatic rings. The molecule has 0 aliphatic heterocycles. The van der Waals surface area contributed by atoms with Crippen LogP contribution < -0.4 is 26.0 Å². The highest BCUT2D eigenvalue weighted by Crippen LogP contribution is 2.30. The molecule has 44 heavy (non-hydrogen) atoms. The Morgan fingerprint density at radius 1 is 0.977 bits per heavy atom. The Hall–Kier alpha value is -6.05. The number of fused-ring (bicyclic) bond motifs is 1. The van der Waals surface area contributed by atoms with Gasteiger partial charge in [0.25, 0.3) is 0 Å². The lowest BCUT2D eigenvalue weighted by Crippen LogP contribution is -2.40. The summed E-state index contributed by atoms with van der Waals surface area (Å²) in [7, 11) is 1.88. The lowest BCUT2D eigenvalue weighted by molar-refractivity contribution is 0.213. The highest BCUT2D eigenvalue weighted by Gasteiger charge is 2.19.